The van der Waals surface area contributed by atoms with E-state index in [1.165, 1.54) is 18.6 Å². The molecule has 0 aromatic carbocycles. The summed E-state index contributed by atoms with van der Waals surface area (Å²) in [6, 6.07) is 5.55. The highest BCUT2D eigenvalue weighted by molar-refractivity contribution is 6.01. The van der Waals surface area contributed by atoms with Gasteiger partial charge < -0.3 is 15.8 Å². The Hall–Kier alpha value is -3.17. The van der Waals surface area contributed by atoms with Crippen LogP contribution in [0, 0.1) is 13.3 Å². The zero-order valence-electron chi connectivity index (χ0n) is 16.9. The van der Waals surface area contributed by atoms with E-state index in [1.807, 2.05) is 0 Å². The van der Waals surface area contributed by atoms with Crippen LogP contribution >= 0.6 is 0 Å². The van der Waals surface area contributed by atoms with Gasteiger partial charge in [0.15, 0.2) is 6.61 Å². The molecule has 3 rings (SSSR count). The molecule has 0 saturated heterocycles. The largest absolute Gasteiger partial charge is 0.468 e. The molecule has 1 radical (unpaired) electrons. The number of hydrogen-bond donors (Lipinski definition) is 2. The Labute approximate surface area is 176 Å². The van der Waals surface area contributed by atoms with Gasteiger partial charge in [0.2, 0.25) is 5.88 Å². The quantitative estimate of drug-likeness (QED) is 0.606. The fraction of sp³-hybridized carbons (Fsp3) is 0.333. The molecule has 1 aliphatic rings. The standard InChI is InChI=1S/C21H21F4N4O2/c1-11-7-14(9-17(26)27-11)12(2)28-20(30)15-3-4-18(31-10-21(23,24)25)29-19(15)16-8-13(16)5-6-22/h3-5,7,9,12H,6,8,10H2,1-2H3,(H2,26,27)(H,28,30). The summed E-state index contributed by atoms with van der Waals surface area (Å²) in [5, 5.41) is 2.82. The first-order valence-electron chi connectivity index (χ1n) is 9.44. The first-order chi connectivity index (χ1) is 14.6. The number of halogens is 4. The third-order valence-electron chi connectivity index (χ3n) is 4.58. The third kappa shape index (κ3) is 5.93. The predicted molar refractivity (Wildman–Crippen MR) is 107 cm³/mol. The molecule has 2 aromatic rings. The molecule has 1 aliphatic carbocycles. The molecule has 0 fully saturated rings. The average Bonchev–Trinajstić information content (AvgIpc) is 3.44. The van der Waals surface area contributed by atoms with E-state index in [-0.39, 0.29) is 17.1 Å². The summed E-state index contributed by atoms with van der Waals surface area (Å²) in [6.07, 6.45) is -2.79. The molecule has 2 heterocycles. The molecule has 0 bridgehead atoms. The van der Waals surface area contributed by atoms with E-state index in [2.05, 4.69) is 15.3 Å². The molecule has 1 unspecified atom stereocenters. The Morgan fingerprint density at radius 2 is 2.06 bits per heavy atom. The second-order valence-electron chi connectivity index (χ2n) is 7.15. The van der Waals surface area contributed by atoms with E-state index in [4.69, 9.17) is 10.5 Å². The summed E-state index contributed by atoms with van der Waals surface area (Å²) >= 11 is 0. The molecule has 2 aromatic heterocycles. The summed E-state index contributed by atoms with van der Waals surface area (Å²) in [5.74, 6) is -0.433. The number of carbonyl (C=O) groups excluding carboxylic acids is 1. The number of alkyl halides is 4. The average molecular weight is 437 g/mol. The van der Waals surface area contributed by atoms with Gasteiger partial charge in [-0.2, -0.15) is 13.2 Å². The van der Waals surface area contributed by atoms with Crippen LogP contribution in [-0.4, -0.2) is 35.3 Å². The molecular formula is C21H21F4N4O2. The molecule has 0 spiro atoms. The van der Waals surface area contributed by atoms with Crippen molar-refractivity contribution in [3.8, 4) is 5.88 Å². The van der Waals surface area contributed by atoms with E-state index in [0.29, 0.717) is 29.1 Å². The van der Waals surface area contributed by atoms with Crippen molar-refractivity contribution in [1.29, 1.82) is 0 Å². The zero-order chi connectivity index (χ0) is 22.8. The van der Waals surface area contributed by atoms with Crippen molar-refractivity contribution in [3.05, 3.63) is 58.8 Å². The van der Waals surface area contributed by atoms with Gasteiger partial charge in [0, 0.05) is 18.2 Å². The molecule has 0 aliphatic heterocycles. The molecule has 1 atom stereocenters. The van der Waals surface area contributed by atoms with Crippen LogP contribution in [0.15, 0.2) is 29.8 Å². The topological polar surface area (TPSA) is 90.1 Å². The fourth-order valence-corrected chi connectivity index (χ4v) is 3.09. The van der Waals surface area contributed by atoms with Crippen molar-refractivity contribution in [2.24, 2.45) is 0 Å². The molecular weight excluding hydrogens is 416 g/mol. The van der Waals surface area contributed by atoms with Crippen LogP contribution in [0.4, 0.5) is 23.4 Å². The first kappa shape index (κ1) is 22.5. The number of pyridine rings is 2. The van der Waals surface area contributed by atoms with Crippen molar-refractivity contribution < 1.29 is 27.1 Å². The summed E-state index contributed by atoms with van der Waals surface area (Å²) in [5.41, 5.74) is 8.78. The Kier molecular flexibility index (Phi) is 6.47. The smallest absolute Gasteiger partial charge is 0.422 e. The summed E-state index contributed by atoms with van der Waals surface area (Å²) < 4.78 is 54.7. The lowest BCUT2D eigenvalue weighted by Gasteiger charge is -2.17. The van der Waals surface area contributed by atoms with Gasteiger partial charge >= 0.3 is 6.18 Å². The predicted octanol–water partition coefficient (Wildman–Crippen LogP) is 4.13. The van der Waals surface area contributed by atoms with Crippen LogP contribution in [-0.2, 0) is 0 Å². The van der Waals surface area contributed by atoms with Crippen molar-refractivity contribution in [3.63, 3.8) is 0 Å². The van der Waals surface area contributed by atoms with Crippen LogP contribution in [0.2, 0.25) is 0 Å². The van der Waals surface area contributed by atoms with Crippen molar-refractivity contribution >= 4 is 17.3 Å². The number of aromatic nitrogens is 2. The van der Waals surface area contributed by atoms with Gasteiger partial charge in [-0.15, -0.1) is 0 Å². The lowest BCUT2D eigenvalue weighted by Crippen LogP contribution is -2.28. The van der Waals surface area contributed by atoms with Gasteiger partial charge in [0.05, 0.1) is 24.0 Å². The lowest BCUT2D eigenvalue weighted by atomic mass is 10.1. The van der Waals surface area contributed by atoms with Crippen LogP contribution in [0.25, 0.3) is 5.57 Å². The number of carbonyl (C=O) groups is 1. The first-order valence-corrected chi connectivity index (χ1v) is 9.44. The van der Waals surface area contributed by atoms with Crippen LogP contribution < -0.4 is 15.8 Å². The van der Waals surface area contributed by atoms with E-state index in [9.17, 15) is 22.4 Å². The van der Waals surface area contributed by atoms with Gasteiger partial charge in [0.1, 0.15) is 5.82 Å². The highest BCUT2D eigenvalue weighted by Gasteiger charge is 2.31. The minimum atomic E-state index is -4.52. The molecule has 165 valence electrons. The number of amides is 1. The number of ether oxygens (including phenoxy) is 1. The Bertz CT molecular complexity index is 1000. The van der Waals surface area contributed by atoms with Gasteiger partial charge in [-0.25, -0.2) is 9.97 Å². The molecule has 3 N–H and O–H groups in total. The number of nitrogens with zero attached hydrogens (tertiary/aromatic N) is 2. The SMILES string of the molecule is Cc1cc(C(C)NC(=O)c2ccc(OCC(F)(F)F)nc2C2=C([CH]CF)C2)cc(N)n1. The number of nitrogen functional groups attached to an aromatic ring is 1. The van der Waals surface area contributed by atoms with E-state index >= 15 is 0 Å². The lowest BCUT2D eigenvalue weighted by molar-refractivity contribution is -0.154. The molecule has 0 saturated carbocycles. The van der Waals surface area contributed by atoms with Gasteiger partial charge in [0.25, 0.3) is 5.91 Å². The molecule has 10 heteroatoms. The van der Waals surface area contributed by atoms with E-state index in [0.717, 1.165) is 5.56 Å². The van der Waals surface area contributed by atoms with Crippen molar-refractivity contribution in [1.82, 2.24) is 15.3 Å². The molecule has 31 heavy (non-hydrogen) atoms. The molecule has 1 amide bonds. The monoisotopic (exact) mass is 437 g/mol. The normalized spacial score (nSPS) is 14.4. The fourth-order valence-electron chi connectivity index (χ4n) is 3.09. The van der Waals surface area contributed by atoms with Crippen LogP contribution in [0.1, 0.15) is 46.7 Å². The van der Waals surface area contributed by atoms with Gasteiger partial charge in [-0.3, -0.25) is 9.18 Å². The number of nitrogens with two attached hydrogens (primary N) is 1. The van der Waals surface area contributed by atoms with Crippen LogP contribution in [0.5, 0.6) is 5.88 Å². The molecule has 6 nitrogen and oxygen atoms in total. The van der Waals surface area contributed by atoms with Crippen molar-refractivity contribution in [2.45, 2.75) is 32.5 Å². The van der Waals surface area contributed by atoms with E-state index in [1.54, 1.807) is 26.0 Å². The second-order valence-corrected chi connectivity index (χ2v) is 7.15. The number of hydrogen-bond acceptors (Lipinski definition) is 5. The zero-order valence-corrected chi connectivity index (χ0v) is 16.9. The van der Waals surface area contributed by atoms with Gasteiger partial charge in [-0.1, -0.05) is 5.57 Å². The minimum absolute atomic E-state index is 0.155. The number of anilines is 1. The Balaban J connectivity index is 1.85. The Morgan fingerprint density at radius 3 is 2.71 bits per heavy atom. The van der Waals surface area contributed by atoms with Crippen LogP contribution in [0.3, 0.4) is 0 Å². The van der Waals surface area contributed by atoms with Gasteiger partial charge in [-0.05, 0) is 49.6 Å². The highest BCUT2D eigenvalue weighted by atomic mass is 19.4. The maximum atomic E-state index is 12.9. The summed E-state index contributed by atoms with van der Waals surface area (Å²) in [4.78, 5) is 21.1. The second kappa shape index (κ2) is 8.91. The summed E-state index contributed by atoms with van der Waals surface area (Å²) in [6.45, 7) is 1.34. The summed E-state index contributed by atoms with van der Waals surface area (Å²) in [7, 11) is 0. The number of nitrogens with one attached hydrogen (secondary N) is 1. The number of aryl methyl sites for hydroxylation is 1. The van der Waals surface area contributed by atoms with E-state index < -0.39 is 31.4 Å². The Morgan fingerprint density at radius 1 is 1.32 bits per heavy atom. The minimum Gasteiger partial charge on any atom is -0.468 e. The number of allylic oxidation sites excluding steroid dienone is 2. The maximum absolute atomic E-state index is 12.9. The number of rotatable bonds is 8. The highest BCUT2D eigenvalue weighted by Crippen LogP contribution is 2.42. The van der Waals surface area contributed by atoms with Crippen molar-refractivity contribution in [2.75, 3.05) is 19.0 Å². The maximum Gasteiger partial charge on any atom is 0.422 e. The third-order valence-corrected chi connectivity index (χ3v) is 4.58.